The van der Waals surface area contributed by atoms with Gasteiger partial charge in [-0.25, -0.2) is 0 Å². The minimum Gasteiger partial charge on any atom is -0.357 e. The van der Waals surface area contributed by atoms with Gasteiger partial charge in [-0.05, 0) is 50.1 Å². The van der Waals surface area contributed by atoms with E-state index in [0.29, 0.717) is 27.1 Å². The normalized spacial score (nSPS) is 21.5. The van der Waals surface area contributed by atoms with E-state index in [1.165, 1.54) is 33.1 Å². The van der Waals surface area contributed by atoms with E-state index in [1.54, 1.807) is 24.1 Å². The summed E-state index contributed by atoms with van der Waals surface area (Å²) in [6, 6.07) is 4.43. The average Bonchev–Trinajstić information content (AvgIpc) is 3.45. The van der Waals surface area contributed by atoms with Gasteiger partial charge in [0, 0.05) is 37.6 Å². The molecule has 1 saturated heterocycles. The third-order valence-corrected chi connectivity index (χ3v) is 8.29. The summed E-state index contributed by atoms with van der Waals surface area (Å²) in [4.78, 5) is 44.7. The predicted molar refractivity (Wildman–Crippen MR) is 123 cm³/mol. The Labute approximate surface area is 194 Å². The SMILES string of the molecule is CNC(=O)[C@@H]1C[C@@H](NC(=O)c2ccc(Cl)s2)CN1C(=O)c1cc2c(s1)CCN(C)CC2. The number of amides is 3. The van der Waals surface area contributed by atoms with Gasteiger partial charge in [-0.1, -0.05) is 11.6 Å². The molecule has 1 fully saturated rings. The van der Waals surface area contributed by atoms with Crippen LogP contribution in [0.3, 0.4) is 0 Å². The summed E-state index contributed by atoms with van der Waals surface area (Å²) in [6.07, 6.45) is 2.24. The molecule has 31 heavy (non-hydrogen) atoms. The Kier molecular flexibility index (Phi) is 6.66. The maximum Gasteiger partial charge on any atom is 0.264 e. The van der Waals surface area contributed by atoms with Crippen LogP contribution in [0.1, 0.15) is 36.2 Å². The highest BCUT2D eigenvalue weighted by molar-refractivity contribution is 7.18. The van der Waals surface area contributed by atoms with E-state index in [0.717, 1.165) is 25.9 Å². The lowest BCUT2D eigenvalue weighted by Gasteiger charge is -2.22. The number of nitrogens with zero attached hydrogens (tertiary/aromatic N) is 2. The summed E-state index contributed by atoms with van der Waals surface area (Å²) in [5, 5.41) is 5.60. The first-order valence-electron chi connectivity index (χ1n) is 10.2. The molecule has 2 aliphatic heterocycles. The van der Waals surface area contributed by atoms with Crippen molar-refractivity contribution in [3.05, 3.63) is 42.7 Å². The van der Waals surface area contributed by atoms with Crippen molar-refractivity contribution in [3.63, 3.8) is 0 Å². The lowest BCUT2D eigenvalue weighted by atomic mass is 10.1. The maximum atomic E-state index is 13.4. The van der Waals surface area contributed by atoms with Gasteiger partial charge >= 0.3 is 0 Å². The highest BCUT2D eigenvalue weighted by Gasteiger charge is 2.41. The number of likely N-dealkylation sites (tertiary alicyclic amines) is 1. The van der Waals surface area contributed by atoms with E-state index in [1.807, 2.05) is 6.07 Å². The zero-order valence-electron chi connectivity index (χ0n) is 17.4. The number of rotatable bonds is 4. The lowest BCUT2D eigenvalue weighted by molar-refractivity contribution is -0.124. The van der Waals surface area contributed by atoms with Crippen LogP contribution in [-0.2, 0) is 17.6 Å². The van der Waals surface area contributed by atoms with E-state index < -0.39 is 6.04 Å². The zero-order chi connectivity index (χ0) is 22.1. The molecule has 7 nitrogen and oxygen atoms in total. The van der Waals surface area contributed by atoms with E-state index in [9.17, 15) is 14.4 Å². The molecule has 2 aromatic rings. The van der Waals surface area contributed by atoms with Crippen molar-refractivity contribution in [1.82, 2.24) is 20.4 Å². The van der Waals surface area contributed by atoms with Crippen molar-refractivity contribution in [2.24, 2.45) is 0 Å². The molecule has 4 rings (SSSR count). The first-order valence-corrected chi connectivity index (χ1v) is 12.3. The second-order valence-corrected chi connectivity index (χ2v) is 10.8. The molecule has 0 aromatic carbocycles. The number of fused-ring (bicyclic) bond motifs is 1. The fourth-order valence-corrected chi connectivity index (χ4v) is 6.23. The number of carbonyl (C=O) groups is 3. The molecule has 3 amide bonds. The molecular formula is C21H25ClN4O3S2. The minimum atomic E-state index is -0.609. The second kappa shape index (κ2) is 9.28. The molecule has 2 N–H and O–H groups in total. The van der Waals surface area contributed by atoms with Crippen molar-refractivity contribution in [2.75, 3.05) is 33.7 Å². The van der Waals surface area contributed by atoms with Crippen molar-refractivity contribution in [1.29, 1.82) is 0 Å². The smallest absolute Gasteiger partial charge is 0.264 e. The fraction of sp³-hybridized carbons (Fsp3) is 0.476. The van der Waals surface area contributed by atoms with E-state index >= 15 is 0 Å². The fourth-order valence-electron chi connectivity index (χ4n) is 4.13. The Morgan fingerprint density at radius 3 is 2.61 bits per heavy atom. The molecule has 0 bridgehead atoms. The highest BCUT2D eigenvalue weighted by atomic mass is 35.5. The Morgan fingerprint density at radius 1 is 1.13 bits per heavy atom. The van der Waals surface area contributed by atoms with Crippen molar-refractivity contribution in [3.8, 4) is 0 Å². The second-order valence-electron chi connectivity index (χ2n) is 7.96. The van der Waals surface area contributed by atoms with Crippen LogP contribution in [0.5, 0.6) is 0 Å². The Bertz CT molecular complexity index is 979. The predicted octanol–water partition coefficient (Wildman–Crippen LogP) is 2.25. The number of halogens is 1. The van der Waals surface area contributed by atoms with Crippen LogP contribution in [0, 0.1) is 0 Å². The Morgan fingerprint density at radius 2 is 1.90 bits per heavy atom. The maximum absolute atomic E-state index is 13.4. The van der Waals surface area contributed by atoms with Gasteiger partial charge in [-0.15, -0.1) is 22.7 Å². The lowest BCUT2D eigenvalue weighted by Crippen LogP contribution is -2.44. The first-order chi connectivity index (χ1) is 14.9. The molecule has 2 aromatic heterocycles. The number of hydrogen-bond donors (Lipinski definition) is 2. The van der Waals surface area contributed by atoms with E-state index in [-0.39, 0.29) is 23.8 Å². The quantitative estimate of drug-likeness (QED) is 0.703. The van der Waals surface area contributed by atoms with Crippen LogP contribution in [0.15, 0.2) is 18.2 Å². The van der Waals surface area contributed by atoms with Crippen LogP contribution in [0.2, 0.25) is 4.34 Å². The average molecular weight is 481 g/mol. The highest BCUT2D eigenvalue weighted by Crippen LogP contribution is 2.30. The van der Waals surface area contributed by atoms with Gasteiger partial charge in [0.2, 0.25) is 5.91 Å². The molecule has 2 aliphatic rings. The van der Waals surface area contributed by atoms with Gasteiger partial charge in [0.25, 0.3) is 11.8 Å². The van der Waals surface area contributed by atoms with Gasteiger partial charge in [-0.3, -0.25) is 14.4 Å². The third-order valence-electron chi connectivity index (χ3n) is 5.83. The first kappa shape index (κ1) is 22.3. The monoisotopic (exact) mass is 480 g/mol. The molecule has 2 atom stereocenters. The molecule has 4 heterocycles. The molecule has 0 aliphatic carbocycles. The standard InChI is InChI=1S/C21H25ClN4O3S2/c1-23-19(27)14-10-13(24-20(28)16-3-4-18(22)31-16)11-26(14)21(29)17-9-12-5-7-25(2)8-6-15(12)30-17/h3-4,9,13-14H,5-8,10-11H2,1-2H3,(H,23,27)(H,24,28)/t13-,14+/m1/s1. The summed E-state index contributed by atoms with van der Waals surface area (Å²) < 4.78 is 0.542. The minimum absolute atomic E-state index is 0.143. The number of thiophene rings is 2. The van der Waals surface area contributed by atoms with Crippen LogP contribution >= 0.6 is 34.3 Å². The molecule has 166 valence electrons. The topological polar surface area (TPSA) is 81.8 Å². The van der Waals surface area contributed by atoms with Crippen LogP contribution in [0.4, 0.5) is 0 Å². The largest absolute Gasteiger partial charge is 0.357 e. The van der Waals surface area contributed by atoms with Crippen LogP contribution in [-0.4, -0.2) is 73.3 Å². The van der Waals surface area contributed by atoms with Gasteiger partial charge in [0.1, 0.15) is 6.04 Å². The molecule has 0 radical (unpaired) electrons. The zero-order valence-corrected chi connectivity index (χ0v) is 19.8. The van der Waals surface area contributed by atoms with Crippen molar-refractivity contribution < 1.29 is 14.4 Å². The molecule has 0 saturated carbocycles. The van der Waals surface area contributed by atoms with Gasteiger partial charge in [0.05, 0.1) is 14.1 Å². The summed E-state index contributed by atoms with van der Waals surface area (Å²) in [7, 11) is 3.67. The summed E-state index contributed by atoms with van der Waals surface area (Å²) in [5.74, 6) is -0.598. The summed E-state index contributed by atoms with van der Waals surface area (Å²) >= 11 is 8.67. The molecular weight excluding hydrogens is 456 g/mol. The summed E-state index contributed by atoms with van der Waals surface area (Å²) in [6.45, 7) is 2.25. The van der Waals surface area contributed by atoms with Crippen molar-refractivity contribution >= 4 is 52.0 Å². The van der Waals surface area contributed by atoms with E-state index in [4.69, 9.17) is 11.6 Å². The molecule has 0 unspecified atom stereocenters. The van der Waals surface area contributed by atoms with Gasteiger partial charge in [0.15, 0.2) is 0 Å². The van der Waals surface area contributed by atoms with Crippen LogP contribution in [0.25, 0.3) is 0 Å². The summed E-state index contributed by atoms with van der Waals surface area (Å²) in [5.41, 5.74) is 1.23. The number of carbonyl (C=O) groups excluding carboxylic acids is 3. The Balaban J connectivity index is 1.50. The van der Waals surface area contributed by atoms with E-state index in [2.05, 4.69) is 22.6 Å². The number of hydrogen-bond acceptors (Lipinski definition) is 6. The van der Waals surface area contributed by atoms with Crippen molar-refractivity contribution in [2.45, 2.75) is 31.3 Å². The van der Waals surface area contributed by atoms with Gasteiger partial charge < -0.3 is 20.4 Å². The molecule has 10 heteroatoms. The molecule has 0 spiro atoms. The van der Waals surface area contributed by atoms with Gasteiger partial charge in [-0.2, -0.15) is 0 Å². The Hall–Kier alpha value is -1.94. The third kappa shape index (κ3) is 4.79. The van der Waals surface area contributed by atoms with Crippen LogP contribution < -0.4 is 10.6 Å². The number of nitrogens with one attached hydrogen (secondary N) is 2. The number of likely N-dealkylation sites (N-methyl/N-ethyl adjacent to an activating group) is 2.